The summed E-state index contributed by atoms with van der Waals surface area (Å²) in [5.41, 5.74) is 0.949. The minimum absolute atomic E-state index is 0.0536. The zero-order valence-corrected chi connectivity index (χ0v) is 13.2. The summed E-state index contributed by atoms with van der Waals surface area (Å²) in [5.74, 6) is -0.628. The van der Waals surface area contributed by atoms with Crippen molar-refractivity contribution in [1.82, 2.24) is 0 Å². The van der Waals surface area contributed by atoms with Crippen LogP contribution in [0.15, 0.2) is 46.9 Å². The van der Waals surface area contributed by atoms with Crippen LogP contribution in [0, 0.1) is 0 Å². The summed E-state index contributed by atoms with van der Waals surface area (Å²) in [4.78, 5) is 12.0. The Kier molecular flexibility index (Phi) is 4.86. The van der Waals surface area contributed by atoms with Crippen molar-refractivity contribution in [2.45, 2.75) is 0 Å². The molecule has 0 aliphatic rings. The van der Waals surface area contributed by atoms with Crippen molar-refractivity contribution in [1.29, 1.82) is 0 Å². The van der Waals surface area contributed by atoms with E-state index in [0.717, 1.165) is 10.0 Å². The van der Waals surface area contributed by atoms with Gasteiger partial charge in [-0.15, -0.1) is 0 Å². The number of allylic oxidation sites excluding steroid dienone is 1. The summed E-state index contributed by atoms with van der Waals surface area (Å²) < 4.78 is 0.959. The van der Waals surface area contributed by atoms with Crippen molar-refractivity contribution in [3.05, 3.63) is 68.1 Å². The van der Waals surface area contributed by atoms with E-state index in [-0.39, 0.29) is 22.1 Å². The van der Waals surface area contributed by atoms with Crippen molar-refractivity contribution in [2.24, 2.45) is 0 Å². The molecule has 5 heteroatoms. The first kappa shape index (κ1) is 15.1. The van der Waals surface area contributed by atoms with Crippen molar-refractivity contribution >= 4 is 51.0 Å². The Balaban J connectivity index is 2.26. The Morgan fingerprint density at radius 1 is 1.15 bits per heavy atom. The topological polar surface area (TPSA) is 37.3 Å². The number of phenols is 1. The highest BCUT2D eigenvalue weighted by Gasteiger charge is 2.13. The first-order valence-electron chi connectivity index (χ1n) is 5.63. The second kappa shape index (κ2) is 6.44. The fourth-order valence-electron chi connectivity index (χ4n) is 1.59. The minimum Gasteiger partial charge on any atom is -0.506 e. The molecule has 0 spiro atoms. The molecule has 0 saturated carbocycles. The van der Waals surface area contributed by atoms with Crippen LogP contribution in [0.1, 0.15) is 15.9 Å². The molecule has 0 bridgehead atoms. The monoisotopic (exact) mass is 370 g/mol. The molecule has 0 amide bonds. The third kappa shape index (κ3) is 3.63. The van der Waals surface area contributed by atoms with Gasteiger partial charge in [-0.05, 0) is 35.9 Å². The molecule has 20 heavy (non-hydrogen) atoms. The Morgan fingerprint density at radius 3 is 2.45 bits per heavy atom. The van der Waals surface area contributed by atoms with Crippen molar-refractivity contribution in [3.8, 4) is 5.75 Å². The van der Waals surface area contributed by atoms with Gasteiger partial charge in [0.2, 0.25) is 0 Å². The summed E-state index contributed by atoms with van der Waals surface area (Å²) in [7, 11) is 0. The molecule has 0 unspecified atom stereocenters. The standard InChI is InChI=1S/C15H9BrCl2O2/c16-10-4-1-9(2-5-10)3-6-14(19)12-7-11(17)8-13(18)15(12)20/h1-8,20H/b6-3+. The van der Waals surface area contributed by atoms with E-state index in [1.54, 1.807) is 6.08 Å². The molecular formula is C15H9BrCl2O2. The van der Waals surface area contributed by atoms with Gasteiger partial charge in [-0.25, -0.2) is 0 Å². The van der Waals surface area contributed by atoms with E-state index in [1.807, 2.05) is 24.3 Å². The highest BCUT2D eigenvalue weighted by atomic mass is 79.9. The van der Waals surface area contributed by atoms with Gasteiger partial charge in [-0.3, -0.25) is 4.79 Å². The third-order valence-electron chi connectivity index (χ3n) is 2.59. The minimum atomic E-state index is -0.366. The van der Waals surface area contributed by atoms with Crippen LogP contribution < -0.4 is 0 Å². The number of rotatable bonds is 3. The van der Waals surface area contributed by atoms with Crippen molar-refractivity contribution in [3.63, 3.8) is 0 Å². The van der Waals surface area contributed by atoms with Crippen LogP contribution >= 0.6 is 39.1 Å². The second-order valence-corrected chi connectivity index (χ2v) is 5.79. The number of carbonyl (C=O) groups excluding carboxylic acids is 1. The lowest BCUT2D eigenvalue weighted by molar-refractivity contribution is 0.104. The molecule has 0 aliphatic heterocycles. The number of phenolic OH excluding ortho intramolecular Hbond substituents is 1. The normalized spacial score (nSPS) is 10.9. The Hall–Kier alpha value is -1.29. The Bertz CT molecular complexity index is 679. The molecule has 0 radical (unpaired) electrons. The molecule has 0 saturated heterocycles. The predicted octanol–water partition coefficient (Wildman–Crippen LogP) is 5.36. The van der Waals surface area contributed by atoms with E-state index in [9.17, 15) is 9.90 Å². The quantitative estimate of drug-likeness (QED) is 0.582. The van der Waals surface area contributed by atoms with Crippen LogP contribution in [0.5, 0.6) is 5.75 Å². The summed E-state index contributed by atoms with van der Waals surface area (Å²) >= 11 is 14.9. The van der Waals surface area contributed by atoms with Crippen LogP contribution in [0.3, 0.4) is 0 Å². The van der Waals surface area contributed by atoms with Crippen LogP contribution in [0.2, 0.25) is 10.0 Å². The van der Waals surface area contributed by atoms with Gasteiger partial charge < -0.3 is 5.11 Å². The fraction of sp³-hybridized carbons (Fsp3) is 0. The Morgan fingerprint density at radius 2 is 1.80 bits per heavy atom. The lowest BCUT2D eigenvalue weighted by Gasteiger charge is -2.03. The average Bonchev–Trinajstić information content (AvgIpc) is 2.42. The molecular weight excluding hydrogens is 363 g/mol. The molecule has 102 valence electrons. The van der Waals surface area contributed by atoms with E-state index in [2.05, 4.69) is 15.9 Å². The molecule has 2 aromatic rings. The summed E-state index contributed by atoms with van der Waals surface area (Å²) in [5, 5.41) is 10.1. The smallest absolute Gasteiger partial charge is 0.189 e. The number of halogens is 3. The van der Waals surface area contributed by atoms with Crippen LogP contribution in [-0.2, 0) is 0 Å². The maximum Gasteiger partial charge on any atom is 0.189 e. The number of ketones is 1. The van der Waals surface area contributed by atoms with E-state index < -0.39 is 0 Å². The molecule has 2 aromatic carbocycles. The Labute approximate surface area is 134 Å². The molecule has 0 aromatic heterocycles. The van der Waals surface area contributed by atoms with E-state index in [0.29, 0.717) is 5.02 Å². The van der Waals surface area contributed by atoms with Gasteiger partial charge in [-0.2, -0.15) is 0 Å². The number of hydrogen-bond donors (Lipinski definition) is 1. The molecule has 1 N–H and O–H groups in total. The number of hydrogen-bond acceptors (Lipinski definition) is 2. The van der Waals surface area contributed by atoms with Gasteiger partial charge in [0.05, 0.1) is 10.6 Å². The van der Waals surface area contributed by atoms with Crippen molar-refractivity contribution in [2.75, 3.05) is 0 Å². The maximum absolute atomic E-state index is 12.0. The van der Waals surface area contributed by atoms with Gasteiger partial charge in [0.15, 0.2) is 5.78 Å². The highest BCUT2D eigenvalue weighted by Crippen LogP contribution is 2.31. The molecule has 0 atom stereocenters. The van der Waals surface area contributed by atoms with Gasteiger partial charge in [-0.1, -0.05) is 57.3 Å². The first-order chi connectivity index (χ1) is 9.47. The fourth-order valence-corrected chi connectivity index (χ4v) is 2.35. The van der Waals surface area contributed by atoms with E-state index >= 15 is 0 Å². The summed E-state index contributed by atoms with van der Waals surface area (Å²) in [6, 6.07) is 10.2. The zero-order valence-electron chi connectivity index (χ0n) is 10.1. The van der Waals surface area contributed by atoms with Crippen molar-refractivity contribution < 1.29 is 9.90 Å². The van der Waals surface area contributed by atoms with Gasteiger partial charge in [0, 0.05) is 9.50 Å². The molecule has 0 aliphatic carbocycles. The largest absolute Gasteiger partial charge is 0.506 e. The maximum atomic E-state index is 12.0. The molecule has 2 rings (SSSR count). The lowest BCUT2D eigenvalue weighted by atomic mass is 10.1. The zero-order chi connectivity index (χ0) is 14.7. The third-order valence-corrected chi connectivity index (χ3v) is 3.63. The summed E-state index contributed by atoms with van der Waals surface area (Å²) in [6.07, 6.45) is 3.02. The predicted molar refractivity (Wildman–Crippen MR) is 85.6 cm³/mol. The SMILES string of the molecule is O=C(/C=C/c1ccc(Br)cc1)c1cc(Cl)cc(Cl)c1O. The van der Waals surface area contributed by atoms with Gasteiger partial charge in [0.25, 0.3) is 0 Å². The van der Waals surface area contributed by atoms with Gasteiger partial charge in [0.1, 0.15) is 5.75 Å². The van der Waals surface area contributed by atoms with Crippen LogP contribution in [-0.4, -0.2) is 10.9 Å². The van der Waals surface area contributed by atoms with Gasteiger partial charge >= 0.3 is 0 Å². The van der Waals surface area contributed by atoms with E-state index in [4.69, 9.17) is 23.2 Å². The second-order valence-electron chi connectivity index (χ2n) is 4.03. The number of aromatic hydroxyl groups is 1. The van der Waals surface area contributed by atoms with Crippen LogP contribution in [0.25, 0.3) is 6.08 Å². The first-order valence-corrected chi connectivity index (χ1v) is 7.18. The number of carbonyl (C=O) groups is 1. The van der Waals surface area contributed by atoms with Crippen LogP contribution in [0.4, 0.5) is 0 Å². The van der Waals surface area contributed by atoms with E-state index in [1.165, 1.54) is 18.2 Å². The number of benzene rings is 2. The lowest BCUT2D eigenvalue weighted by Crippen LogP contribution is -1.95. The summed E-state index contributed by atoms with van der Waals surface area (Å²) in [6.45, 7) is 0. The average molecular weight is 372 g/mol. The molecule has 2 nitrogen and oxygen atoms in total. The molecule has 0 heterocycles. The molecule has 0 fully saturated rings. The highest BCUT2D eigenvalue weighted by molar-refractivity contribution is 9.10.